The molecule has 1 saturated heterocycles. The second kappa shape index (κ2) is 5.61. The van der Waals surface area contributed by atoms with Crippen LogP contribution in [0.1, 0.15) is 30.6 Å². The molecule has 4 unspecified atom stereocenters. The number of Topliss-reactive ketones (excluding diaryl/α,β-unsaturated/α-hetero) is 1. The number of benzene rings is 1. The van der Waals surface area contributed by atoms with Crippen LogP contribution in [0, 0.1) is 11.8 Å². The van der Waals surface area contributed by atoms with Gasteiger partial charge in [-0.2, -0.15) is 0 Å². The van der Waals surface area contributed by atoms with Crippen LogP contribution in [0.3, 0.4) is 0 Å². The molecule has 3 aliphatic rings. The topological polar surface area (TPSA) is 54.6 Å². The number of hydrogen-bond donors (Lipinski definition) is 1. The van der Waals surface area contributed by atoms with Crippen molar-refractivity contribution in [2.75, 3.05) is 20.8 Å². The summed E-state index contributed by atoms with van der Waals surface area (Å²) in [6.45, 7) is 2.36. The van der Waals surface area contributed by atoms with Crippen LogP contribution in [0.25, 0.3) is 10.9 Å². The van der Waals surface area contributed by atoms with Crippen molar-refractivity contribution in [1.29, 1.82) is 0 Å². The number of methoxy groups -OCH3 is 1. The predicted octanol–water partition coefficient (Wildman–Crippen LogP) is 3.21. The minimum Gasteiger partial charge on any atom is -0.500 e. The Hall–Kier alpha value is -2.27. The third kappa shape index (κ3) is 2.10. The first-order valence-electron chi connectivity index (χ1n) is 9.31. The maximum absolute atomic E-state index is 12.1. The van der Waals surface area contributed by atoms with Gasteiger partial charge in [0.25, 0.3) is 0 Å². The number of aromatic amines is 1. The SMILES string of the molecule is COc1ccc2c3c([nH]c2c1)C1CC2C(C(C)=O)=COCC2C(C3)N1C. The van der Waals surface area contributed by atoms with E-state index in [0.29, 0.717) is 30.5 Å². The maximum Gasteiger partial charge on any atom is 0.159 e. The fraction of sp³-hybridized carbons (Fsp3) is 0.476. The van der Waals surface area contributed by atoms with Gasteiger partial charge in [0.2, 0.25) is 0 Å². The standard InChI is InChI=1S/C21H24N2O3/c1-11(24)16-9-26-10-17-14(16)7-20-21-15(8-19(17)23(20)2)13-5-4-12(25-3)6-18(13)22-21/h4-6,9,14,17,19-20,22H,7-8,10H2,1-3H3. The van der Waals surface area contributed by atoms with Crippen LogP contribution in [0.15, 0.2) is 30.0 Å². The highest BCUT2D eigenvalue weighted by Gasteiger charge is 2.49. The number of likely N-dealkylation sites (N-methyl/N-ethyl adjacent to an activating group) is 1. The molecule has 0 aliphatic carbocycles. The van der Waals surface area contributed by atoms with Crippen LogP contribution in [-0.2, 0) is 16.0 Å². The molecular weight excluding hydrogens is 328 g/mol. The molecule has 2 bridgehead atoms. The van der Waals surface area contributed by atoms with E-state index in [0.717, 1.165) is 29.7 Å². The molecule has 26 heavy (non-hydrogen) atoms. The largest absolute Gasteiger partial charge is 0.500 e. The molecule has 136 valence electrons. The molecule has 5 rings (SSSR count). The number of carbonyl (C=O) groups is 1. The van der Waals surface area contributed by atoms with E-state index in [1.165, 1.54) is 16.6 Å². The molecule has 2 aromatic rings. The molecular formula is C21H24N2O3. The molecule has 1 aromatic heterocycles. The molecule has 1 aromatic carbocycles. The summed E-state index contributed by atoms with van der Waals surface area (Å²) in [4.78, 5) is 18.3. The van der Waals surface area contributed by atoms with Gasteiger partial charge < -0.3 is 14.5 Å². The number of hydrogen-bond acceptors (Lipinski definition) is 4. The predicted molar refractivity (Wildman–Crippen MR) is 99.2 cm³/mol. The van der Waals surface area contributed by atoms with Crippen molar-refractivity contribution in [1.82, 2.24) is 9.88 Å². The van der Waals surface area contributed by atoms with Crippen LogP contribution < -0.4 is 4.74 Å². The molecule has 0 saturated carbocycles. The van der Waals surface area contributed by atoms with Crippen molar-refractivity contribution < 1.29 is 14.3 Å². The van der Waals surface area contributed by atoms with Crippen LogP contribution in [0.5, 0.6) is 5.75 Å². The van der Waals surface area contributed by atoms with Gasteiger partial charge >= 0.3 is 0 Å². The van der Waals surface area contributed by atoms with E-state index in [1.54, 1.807) is 20.3 Å². The van der Waals surface area contributed by atoms with E-state index in [1.807, 2.05) is 6.07 Å². The number of ketones is 1. The van der Waals surface area contributed by atoms with Crippen LogP contribution in [0.2, 0.25) is 0 Å². The van der Waals surface area contributed by atoms with E-state index in [9.17, 15) is 4.79 Å². The highest BCUT2D eigenvalue weighted by Crippen LogP contribution is 2.50. The van der Waals surface area contributed by atoms with Crippen molar-refractivity contribution in [2.24, 2.45) is 11.8 Å². The summed E-state index contributed by atoms with van der Waals surface area (Å²) in [5.41, 5.74) is 4.73. The Morgan fingerprint density at radius 2 is 2.23 bits per heavy atom. The maximum atomic E-state index is 12.1. The molecule has 3 aliphatic heterocycles. The van der Waals surface area contributed by atoms with E-state index in [2.05, 4.69) is 29.1 Å². The van der Waals surface area contributed by atoms with Crippen molar-refractivity contribution in [3.63, 3.8) is 0 Å². The average molecular weight is 352 g/mol. The normalized spacial score (nSPS) is 30.2. The van der Waals surface area contributed by atoms with E-state index in [-0.39, 0.29) is 5.78 Å². The summed E-state index contributed by atoms with van der Waals surface area (Å²) in [6, 6.07) is 6.99. The molecule has 1 N–H and O–H groups in total. The number of aromatic nitrogens is 1. The zero-order valence-corrected chi connectivity index (χ0v) is 15.4. The Bertz CT molecular complexity index is 929. The molecule has 1 fully saturated rings. The Morgan fingerprint density at radius 3 is 3.00 bits per heavy atom. The molecule has 0 radical (unpaired) electrons. The van der Waals surface area contributed by atoms with E-state index < -0.39 is 0 Å². The monoisotopic (exact) mass is 352 g/mol. The Labute approximate surface area is 153 Å². The Balaban J connectivity index is 1.62. The molecule has 4 heterocycles. The number of H-pyrrole nitrogens is 1. The van der Waals surface area contributed by atoms with Gasteiger partial charge in [0.1, 0.15) is 5.75 Å². The molecule has 0 amide bonds. The second-order valence-electron chi connectivity index (χ2n) is 7.85. The fourth-order valence-electron chi connectivity index (χ4n) is 5.36. The first-order valence-corrected chi connectivity index (χ1v) is 9.31. The number of piperidine rings is 1. The summed E-state index contributed by atoms with van der Waals surface area (Å²) in [5, 5.41) is 1.29. The van der Waals surface area contributed by atoms with Crippen molar-refractivity contribution in [2.45, 2.75) is 31.8 Å². The molecule has 5 nitrogen and oxygen atoms in total. The summed E-state index contributed by atoms with van der Waals surface area (Å²) in [7, 11) is 3.91. The van der Waals surface area contributed by atoms with Gasteiger partial charge in [-0.1, -0.05) is 0 Å². The number of fused-ring (bicyclic) bond motifs is 8. The van der Waals surface area contributed by atoms with Gasteiger partial charge in [-0.25, -0.2) is 0 Å². The number of ether oxygens (including phenoxy) is 2. The lowest BCUT2D eigenvalue weighted by atomic mass is 9.67. The Kier molecular flexibility index (Phi) is 3.44. The van der Waals surface area contributed by atoms with Gasteiger partial charge in [-0.05, 0) is 50.4 Å². The minimum absolute atomic E-state index is 0.143. The second-order valence-corrected chi connectivity index (χ2v) is 7.85. The number of rotatable bonds is 2. The first-order chi connectivity index (χ1) is 12.6. The van der Waals surface area contributed by atoms with Gasteiger partial charge in [0, 0.05) is 40.2 Å². The summed E-state index contributed by atoms with van der Waals surface area (Å²) >= 11 is 0. The highest BCUT2D eigenvalue weighted by molar-refractivity contribution is 5.94. The Morgan fingerprint density at radius 1 is 1.38 bits per heavy atom. The van der Waals surface area contributed by atoms with Crippen molar-refractivity contribution in [3.05, 3.63) is 41.3 Å². The number of allylic oxidation sites excluding steroid dienone is 1. The summed E-state index contributed by atoms with van der Waals surface area (Å²) in [5.74, 6) is 1.68. The van der Waals surface area contributed by atoms with Gasteiger partial charge in [0.05, 0.1) is 26.0 Å². The first kappa shape index (κ1) is 15.9. The van der Waals surface area contributed by atoms with E-state index in [4.69, 9.17) is 9.47 Å². The molecule has 4 atom stereocenters. The number of nitrogens with zero attached hydrogens (tertiary/aromatic N) is 1. The fourth-order valence-corrected chi connectivity index (χ4v) is 5.36. The minimum atomic E-state index is 0.143. The van der Waals surface area contributed by atoms with Gasteiger partial charge in [-0.3, -0.25) is 9.69 Å². The summed E-state index contributed by atoms with van der Waals surface area (Å²) in [6.07, 6.45) is 3.66. The quantitative estimate of drug-likeness (QED) is 0.902. The lowest BCUT2D eigenvalue weighted by Gasteiger charge is -2.52. The lowest BCUT2D eigenvalue weighted by molar-refractivity contribution is -0.116. The van der Waals surface area contributed by atoms with Gasteiger partial charge in [-0.15, -0.1) is 0 Å². The van der Waals surface area contributed by atoms with Crippen molar-refractivity contribution >= 4 is 16.7 Å². The smallest absolute Gasteiger partial charge is 0.159 e. The summed E-state index contributed by atoms with van der Waals surface area (Å²) < 4.78 is 11.1. The zero-order valence-electron chi connectivity index (χ0n) is 15.4. The van der Waals surface area contributed by atoms with E-state index >= 15 is 0 Å². The van der Waals surface area contributed by atoms with Gasteiger partial charge in [0.15, 0.2) is 5.78 Å². The highest BCUT2D eigenvalue weighted by atomic mass is 16.5. The van der Waals surface area contributed by atoms with Crippen LogP contribution in [-0.4, -0.2) is 42.5 Å². The number of nitrogens with one attached hydrogen (secondary N) is 1. The van der Waals surface area contributed by atoms with Crippen LogP contribution in [0.4, 0.5) is 0 Å². The number of carbonyl (C=O) groups excluding carboxylic acids is 1. The molecule has 0 spiro atoms. The zero-order chi connectivity index (χ0) is 18.0. The third-order valence-electron chi connectivity index (χ3n) is 6.70. The van der Waals surface area contributed by atoms with Crippen molar-refractivity contribution in [3.8, 4) is 5.75 Å². The van der Waals surface area contributed by atoms with Crippen LogP contribution >= 0.6 is 0 Å². The molecule has 5 heteroatoms. The average Bonchev–Trinajstić information content (AvgIpc) is 2.99. The third-order valence-corrected chi connectivity index (χ3v) is 6.70. The lowest BCUT2D eigenvalue weighted by Crippen LogP contribution is -2.55.